The van der Waals surface area contributed by atoms with Gasteiger partial charge in [0.1, 0.15) is 5.76 Å². The van der Waals surface area contributed by atoms with Gasteiger partial charge in [0.15, 0.2) is 0 Å². The van der Waals surface area contributed by atoms with Crippen molar-refractivity contribution in [2.45, 2.75) is 52.1 Å². The average molecular weight is 195 g/mol. The Bertz CT molecular complexity index is 230. The predicted octanol–water partition coefficient (Wildman–Crippen LogP) is 3.51. The van der Waals surface area contributed by atoms with Gasteiger partial charge in [-0.3, -0.25) is 0 Å². The summed E-state index contributed by atoms with van der Waals surface area (Å²) in [5, 5.41) is 3.52. The number of nitrogens with one attached hydrogen (secondary N) is 1. The van der Waals surface area contributed by atoms with E-state index in [1.54, 1.807) is 6.26 Å². The van der Waals surface area contributed by atoms with Crippen LogP contribution in [0.3, 0.4) is 0 Å². The lowest BCUT2D eigenvalue weighted by Crippen LogP contribution is -2.28. The first-order chi connectivity index (χ1) is 6.74. The second-order valence-electron chi connectivity index (χ2n) is 3.95. The summed E-state index contributed by atoms with van der Waals surface area (Å²) in [6.45, 7) is 6.60. The highest BCUT2D eigenvalue weighted by atomic mass is 16.3. The van der Waals surface area contributed by atoms with E-state index in [0.29, 0.717) is 12.1 Å². The molecule has 1 aromatic rings. The Morgan fingerprint density at radius 2 is 2.21 bits per heavy atom. The fraction of sp³-hybridized carbons (Fsp3) is 0.667. The van der Waals surface area contributed by atoms with E-state index in [4.69, 9.17) is 4.42 Å². The van der Waals surface area contributed by atoms with Crippen molar-refractivity contribution in [1.29, 1.82) is 0 Å². The molecule has 1 N–H and O–H groups in total. The highest BCUT2D eigenvalue weighted by Gasteiger charge is 2.10. The average Bonchev–Trinajstić information content (AvgIpc) is 2.67. The maximum absolute atomic E-state index is 5.34. The zero-order valence-corrected chi connectivity index (χ0v) is 9.42. The molecule has 1 aromatic heterocycles. The second kappa shape index (κ2) is 5.86. The van der Waals surface area contributed by atoms with Crippen molar-refractivity contribution < 1.29 is 4.42 Å². The lowest BCUT2D eigenvalue weighted by Gasteiger charge is -2.18. The van der Waals surface area contributed by atoms with Crippen LogP contribution >= 0.6 is 0 Å². The van der Waals surface area contributed by atoms with Crippen molar-refractivity contribution in [2.75, 3.05) is 0 Å². The third-order valence-corrected chi connectivity index (χ3v) is 2.50. The molecule has 2 unspecified atom stereocenters. The van der Waals surface area contributed by atoms with Crippen LogP contribution in [0.15, 0.2) is 22.8 Å². The molecule has 0 bridgehead atoms. The smallest absolute Gasteiger partial charge is 0.120 e. The van der Waals surface area contributed by atoms with E-state index in [2.05, 4.69) is 26.1 Å². The van der Waals surface area contributed by atoms with Gasteiger partial charge in [-0.1, -0.05) is 19.8 Å². The van der Waals surface area contributed by atoms with Crippen LogP contribution in [0.2, 0.25) is 0 Å². The van der Waals surface area contributed by atoms with E-state index in [-0.39, 0.29) is 0 Å². The molecule has 0 saturated heterocycles. The van der Waals surface area contributed by atoms with Crippen molar-refractivity contribution in [3.8, 4) is 0 Å². The monoisotopic (exact) mass is 195 g/mol. The predicted molar refractivity (Wildman–Crippen MR) is 59.2 cm³/mol. The van der Waals surface area contributed by atoms with Gasteiger partial charge in [0, 0.05) is 6.04 Å². The van der Waals surface area contributed by atoms with Crippen LogP contribution < -0.4 is 5.32 Å². The molecule has 2 atom stereocenters. The van der Waals surface area contributed by atoms with E-state index in [1.165, 1.54) is 19.3 Å². The van der Waals surface area contributed by atoms with Crippen LogP contribution in [-0.2, 0) is 0 Å². The van der Waals surface area contributed by atoms with Gasteiger partial charge < -0.3 is 9.73 Å². The quantitative estimate of drug-likeness (QED) is 0.751. The van der Waals surface area contributed by atoms with Crippen LogP contribution in [0.25, 0.3) is 0 Å². The minimum absolute atomic E-state index is 0.317. The van der Waals surface area contributed by atoms with Gasteiger partial charge in [0.2, 0.25) is 0 Å². The van der Waals surface area contributed by atoms with Crippen LogP contribution in [0.5, 0.6) is 0 Å². The third kappa shape index (κ3) is 3.54. The van der Waals surface area contributed by atoms with E-state index in [0.717, 1.165) is 5.76 Å². The van der Waals surface area contributed by atoms with Gasteiger partial charge in [0.25, 0.3) is 0 Å². The number of rotatable bonds is 6. The summed E-state index contributed by atoms with van der Waals surface area (Å²) < 4.78 is 5.34. The molecule has 0 amide bonds. The fourth-order valence-electron chi connectivity index (χ4n) is 1.64. The van der Waals surface area contributed by atoms with Gasteiger partial charge in [0.05, 0.1) is 12.3 Å². The SMILES string of the molecule is CCCCC(C)NC(C)c1ccco1. The number of hydrogen-bond acceptors (Lipinski definition) is 2. The van der Waals surface area contributed by atoms with Crippen molar-refractivity contribution in [3.05, 3.63) is 24.2 Å². The zero-order valence-electron chi connectivity index (χ0n) is 9.42. The van der Waals surface area contributed by atoms with Gasteiger partial charge in [-0.05, 0) is 32.4 Å². The van der Waals surface area contributed by atoms with E-state index < -0.39 is 0 Å². The van der Waals surface area contributed by atoms with Crippen LogP contribution in [0.4, 0.5) is 0 Å². The molecule has 1 heterocycles. The van der Waals surface area contributed by atoms with Crippen molar-refractivity contribution in [2.24, 2.45) is 0 Å². The minimum Gasteiger partial charge on any atom is -0.468 e. The molecule has 0 aromatic carbocycles. The topological polar surface area (TPSA) is 25.2 Å². The normalized spacial score (nSPS) is 15.4. The Balaban J connectivity index is 2.29. The summed E-state index contributed by atoms with van der Waals surface area (Å²) in [6.07, 6.45) is 5.52. The fourth-order valence-corrected chi connectivity index (χ4v) is 1.64. The Morgan fingerprint density at radius 1 is 1.43 bits per heavy atom. The molecule has 0 aliphatic carbocycles. The molecule has 0 saturated carbocycles. The van der Waals surface area contributed by atoms with E-state index >= 15 is 0 Å². The van der Waals surface area contributed by atoms with Crippen molar-refractivity contribution in [3.63, 3.8) is 0 Å². The summed E-state index contributed by atoms with van der Waals surface area (Å²) >= 11 is 0. The molecular weight excluding hydrogens is 174 g/mol. The Kier molecular flexibility index (Phi) is 4.74. The minimum atomic E-state index is 0.317. The summed E-state index contributed by atoms with van der Waals surface area (Å²) in [5.74, 6) is 1.02. The number of unbranched alkanes of at least 4 members (excludes halogenated alkanes) is 1. The summed E-state index contributed by atoms with van der Waals surface area (Å²) in [6, 6.07) is 4.83. The third-order valence-electron chi connectivity index (χ3n) is 2.50. The maximum Gasteiger partial charge on any atom is 0.120 e. The lowest BCUT2D eigenvalue weighted by molar-refractivity contribution is 0.384. The van der Waals surface area contributed by atoms with Crippen LogP contribution in [-0.4, -0.2) is 6.04 Å². The Morgan fingerprint density at radius 3 is 2.79 bits per heavy atom. The number of hydrogen-bond donors (Lipinski definition) is 1. The number of furan rings is 1. The van der Waals surface area contributed by atoms with E-state index in [9.17, 15) is 0 Å². The highest BCUT2D eigenvalue weighted by molar-refractivity contribution is 5.03. The van der Waals surface area contributed by atoms with Gasteiger partial charge in [-0.15, -0.1) is 0 Å². The second-order valence-corrected chi connectivity index (χ2v) is 3.95. The summed E-state index contributed by atoms with van der Waals surface area (Å²) in [7, 11) is 0. The van der Waals surface area contributed by atoms with Crippen LogP contribution in [0, 0.1) is 0 Å². The molecule has 0 aliphatic heterocycles. The molecule has 14 heavy (non-hydrogen) atoms. The first-order valence-electron chi connectivity index (χ1n) is 5.53. The molecular formula is C12H21NO. The summed E-state index contributed by atoms with van der Waals surface area (Å²) in [4.78, 5) is 0. The van der Waals surface area contributed by atoms with Crippen molar-refractivity contribution >= 4 is 0 Å². The Labute approximate surface area is 86.7 Å². The highest BCUT2D eigenvalue weighted by Crippen LogP contribution is 2.14. The molecule has 0 spiro atoms. The van der Waals surface area contributed by atoms with Crippen molar-refractivity contribution in [1.82, 2.24) is 5.32 Å². The standard InChI is InChI=1S/C12H21NO/c1-4-5-7-10(2)13-11(3)12-8-6-9-14-12/h6,8-11,13H,4-5,7H2,1-3H3. The lowest BCUT2D eigenvalue weighted by atomic mass is 10.1. The molecule has 2 heteroatoms. The first kappa shape index (κ1) is 11.3. The molecule has 1 rings (SSSR count). The first-order valence-corrected chi connectivity index (χ1v) is 5.53. The molecule has 0 fully saturated rings. The Hall–Kier alpha value is -0.760. The molecule has 0 radical (unpaired) electrons. The van der Waals surface area contributed by atoms with E-state index in [1.807, 2.05) is 12.1 Å². The largest absolute Gasteiger partial charge is 0.468 e. The maximum atomic E-state index is 5.34. The van der Waals surface area contributed by atoms with Gasteiger partial charge in [-0.2, -0.15) is 0 Å². The van der Waals surface area contributed by atoms with Gasteiger partial charge in [-0.25, -0.2) is 0 Å². The van der Waals surface area contributed by atoms with Gasteiger partial charge >= 0.3 is 0 Å². The summed E-state index contributed by atoms with van der Waals surface area (Å²) in [5.41, 5.74) is 0. The van der Waals surface area contributed by atoms with Crippen LogP contribution in [0.1, 0.15) is 51.8 Å². The zero-order chi connectivity index (χ0) is 10.4. The molecule has 80 valence electrons. The molecule has 0 aliphatic rings. The molecule has 2 nitrogen and oxygen atoms in total.